The normalized spacial score (nSPS) is 19.7. The molecule has 1 amide bonds. The number of ether oxygens (including phenoxy) is 1. The molecular formula is C11H20N2O2S. The van der Waals surface area contributed by atoms with E-state index in [9.17, 15) is 4.79 Å². The van der Waals surface area contributed by atoms with Crippen molar-refractivity contribution in [3.05, 3.63) is 0 Å². The number of amides is 1. The summed E-state index contributed by atoms with van der Waals surface area (Å²) in [5.41, 5.74) is 5.45. The fraction of sp³-hybridized carbons (Fsp3) is 0.818. The maximum absolute atomic E-state index is 11.7. The second kappa shape index (κ2) is 6.81. The molecule has 0 aromatic carbocycles. The van der Waals surface area contributed by atoms with Crippen LogP contribution in [0.25, 0.3) is 0 Å². The molecule has 0 spiro atoms. The third kappa shape index (κ3) is 4.45. The summed E-state index contributed by atoms with van der Waals surface area (Å²) in [6.45, 7) is 3.97. The summed E-state index contributed by atoms with van der Waals surface area (Å²) in [7, 11) is 0. The summed E-state index contributed by atoms with van der Waals surface area (Å²) in [4.78, 5) is 14.0. The van der Waals surface area contributed by atoms with E-state index in [4.69, 9.17) is 22.7 Å². The molecule has 0 aliphatic carbocycles. The lowest BCUT2D eigenvalue weighted by molar-refractivity contribution is -0.132. The Kier molecular flexibility index (Phi) is 5.69. The van der Waals surface area contributed by atoms with Gasteiger partial charge in [0.1, 0.15) is 0 Å². The van der Waals surface area contributed by atoms with Crippen molar-refractivity contribution in [1.82, 2.24) is 4.90 Å². The second-order valence-corrected chi connectivity index (χ2v) is 4.57. The fourth-order valence-electron chi connectivity index (χ4n) is 1.82. The predicted octanol–water partition coefficient (Wildman–Crippen LogP) is 1.08. The molecule has 0 radical (unpaired) electrons. The van der Waals surface area contributed by atoms with Gasteiger partial charge >= 0.3 is 0 Å². The average Bonchev–Trinajstić information content (AvgIpc) is 2.75. The predicted molar refractivity (Wildman–Crippen MR) is 67.2 cm³/mol. The summed E-state index contributed by atoms with van der Waals surface area (Å²) < 4.78 is 5.53. The van der Waals surface area contributed by atoms with E-state index < -0.39 is 0 Å². The third-order valence-electron chi connectivity index (χ3n) is 2.73. The van der Waals surface area contributed by atoms with Gasteiger partial charge in [-0.05, 0) is 12.8 Å². The number of hydrogen-bond acceptors (Lipinski definition) is 3. The average molecular weight is 244 g/mol. The van der Waals surface area contributed by atoms with Gasteiger partial charge in [-0.1, -0.05) is 19.1 Å². The van der Waals surface area contributed by atoms with Gasteiger partial charge in [0, 0.05) is 32.5 Å². The number of thiocarbonyl (C=S) groups is 1. The van der Waals surface area contributed by atoms with E-state index in [2.05, 4.69) is 0 Å². The zero-order valence-electron chi connectivity index (χ0n) is 9.78. The molecule has 92 valence electrons. The molecule has 2 N–H and O–H groups in total. The lowest BCUT2D eigenvalue weighted by Crippen LogP contribution is -2.38. The Morgan fingerprint density at radius 2 is 2.38 bits per heavy atom. The SMILES string of the molecule is CCC(=O)N(CCC(N)=S)CC1CCCO1. The first-order valence-electron chi connectivity index (χ1n) is 5.81. The van der Waals surface area contributed by atoms with Gasteiger partial charge in [0.05, 0.1) is 11.1 Å². The molecule has 4 nitrogen and oxygen atoms in total. The molecule has 1 heterocycles. The van der Waals surface area contributed by atoms with Crippen LogP contribution in [0.1, 0.15) is 32.6 Å². The van der Waals surface area contributed by atoms with E-state index in [0.717, 1.165) is 19.4 Å². The van der Waals surface area contributed by atoms with Crippen molar-refractivity contribution in [2.24, 2.45) is 5.73 Å². The number of rotatable bonds is 6. The monoisotopic (exact) mass is 244 g/mol. The Morgan fingerprint density at radius 3 is 2.88 bits per heavy atom. The van der Waals surface area contributed by atoms with Crippen LogP contribution in [-0.4, -0.2) is 41.6 Å². The topological polar surface area (TPSA) is 55.6 Å². The van der Waals surface area contributed by atoms with E-state index in [1.165, 1.54) is 0 Å². The molecule has 1 unspecified atom stereocenters. The standard InChI is InChI=1S/C11H20N2O2S/c1-2-11(14)13(6-5-10(12)16)8-9-4-3-7-15-9/h9H,2-8H2,1H3,(H2,12,16). The van der Waals surface area contributed by atoms with Gasteiger partial charge < -0.3 is 15.4 Å². The van der Waals surface area contributed by atoms with Crippen LogP contribution in [0.3, 0.4) is 0 Å². The Balaban J connectivity index is 2.42. The number of nitrogens with zero attached hydrogens (tertiary/aromatic N) is 1. The Bertz CT molecular complexity index is 252. The van der Waals surface area contributed by atoms with Crippen LogP contribution in [0.2, 0.25) is 0 Å². The van der Waals surface area contributed by atoms with Gasteiger partial charge in [-0.2, -0.15) is 0 Å². The first kappa shape index (κ1) is 13.4. The summed E-state index contributed by atoms with van der Waals surface area (Å²) >= 11 is 4.83. The van der Waals surface area contributed by atoms with Crippen molar-refractivity contribution in [3.63, 3.8) is 0 Å². The molecule has 0 aromatic rings. The second-order valence-electron chi connectivity index (χ2n) is 4.04. The lowest BCUT2D eigenvalue weighted by atomic mass is 10.2. The van der Waals surface area contributed by atoms with Gasteiger partial charge in [0.25, 0.3) is 0 Å². The summed E-state index contributed by atoms with van der Waals surface area (Å²) in [5, 5.41) is 0. The highest BCUT2D eigenvalue weighted by molar-refractivity contribution is 7.80. The Hall–Kier alpha value is -0.680. The summed E-state index contributed by atoms with van der Waals surface area (Å²) in [6.07, 6.45) is 3.44. The highest BCUT2D eigenvalue weighted by Crippen LogP contribution is 2.14. The van der Waals surface area contributed by atoms with Gasteiger partial charge in [0.2, 0.25) is 5.91 Å². The molecule has 1 saturated heterocycles. The van der Waals surface area contributed by atoms with Gasteiger partial charge in [-0.3, -0.25) is 4.79 Å². The first-order chi connectivity index (χ1) is 7.63. The molecule has 1 atom stereocenters. The van der Waals surface area contributed by atoms with Gasteiger partial charge in [-0.25, -0.2) is 0 Å². The lowest BCUT2D eigenvalue weighted by Gasteiger charge is -2.24. The molecular weight excluding hydrogens is 224 g/mol. The van der Waals surface area contributed by atoms with Crippen molar-refractivity contribution < 1.29 is 9.53 Å². The van der Waals surface area contributed by atoms with Crippen LogP contribution in [0.15, 0.2) is 0 Å². The van der Waals surface area contributed by atoms with Crippen LogP contribution >= 0.6 is 12.2 Å². The van der Waals surface area contributed by atoms with E-state index in [1.807, 2.05) is 11.8 Å². The smallest absolute Gasteiger partial charge is 0.222 e. The molecule has 0 saturated carbocycles. The number of hydrogen-bond donors (Lipinski definition) is 1. The molecule has 1 fully saturated rings. The molecule has 1 rings (SSSR count). The molecule has 5 heteroatoms. The minimum Gasteiger partial charge on any atom is -0.393 e. The van der Waals surface area contributed by atoms with Crippen molar-refractivity contribution in [2.45, 2.75) is 38.7 Å². The van der Waals surface area contributed by atoms with Crippen LogP contribution < -0.4 is 5.73 Å². The Labute approximate surface area is 102 Å². The van der Waals surface area contributed by atoms with E-state index in [0.29, 0.717) is 30.9 Å². The highest BCUT2D eigenvalue weighted by Gasteiger charge is 2.21. The minimum absolute atomic E-state index is 0.145. The zero-order valence-corrected chi connectivity index (χ0v) is 10.6. The van der Waals surface area contributed by atoms with Crippen molar-refractivity contribution >= 4 is 23.1 Å². The maximum atomic E-state index is 11.7. The summed E-state index contributed by atoms with van der Waals surface area (Å²) in [5.74, 6) is 0.145. The largest absolute Gasteiger partial charge is 0.393 e. The maximum Gasteiger partial charge on any atom is 0.222 e. The van der Waals surface area contributed by atoms with Crippen molar-refractivity contribution in [2.75, 3.05) is 19.7 Å². The highest BCUT2D eigenvalue weighted by atomic mass is 32.1. The first-order valence-corrected chi connectivity index (χ1v) is 6.22. The van der Waals surface area contributed by atoms with E-state index in [1.54, 1.807) is 0 Å². The molecule has 16 heavy (non-hydrogen) atoms. The van der Waals surface area contributed by atoms with Gasteiger partial charge in [-0.15, -0.1) is 0 Å². The third-order valence-corrected chi connectivity index (χ3v) is 2.94. The van der Waals surface area contributed by atoms with Crippen molar-refractivity contribution in [3.8, 4) is 0 Å². The quantitative estimate of drug-likeness (QED) is 0.710. The Morgan fingerprint density at radius 1 is 1.62 bits per heavy atom. The van der Waals surface area contributed by atoms with E-state index >= 15 is 0 Å². The van der Waals surface area contributed by atoms with Gasteiger partial charge in [0.15, 0.2) is 0 Å². The molecule has 1 aliphatic heterocycles. The number of carbonyl (C=O) groups is 1. The van der Waals surface area contributed by atoms with Crippen LogP contribution in [-0.2, 0) is 9.53 Å². The molecule has 0 bridgehead atoms. The van der Waals surface area contributed by atoms with Crippen LogP contribution in [0.5, 0.6) is 0 Å². The number of nitrogens with two attached hydrogens (primary N) is 1. The summed E-state index contributed by atoms with van der Waals surface area (Å²) in [6, 6.07) is 0. The van der Waals surface area contributed by atoms with E-state index in [-0.39, 0.29) is 12.0 Å². The molecule has 1 aliphatic rings. The fourth-order valence-corrected chi connectivity index (χ4v) is 1.91. The zero-order chi connectivity index (χ0) is 12.0. The molecule has 0 aromatic heterocycles. The van der Waals surface area contributed by atoms with Crippen LogP contribution in [0.4, 0.5) is 0 Å². The number of carbonyl (C=O) groups excluding carboxylic acids is 1. The van der Waals surface area contributed by atoms with Crippen LogP contribution in [0, 0.1) is 0 Å². The van der Waals surface area contributed by atoms with Crippen molar-refractivity contribution in [1.29, 1.82) is 0 Å². The minimum atomic E-state index is 0.145.